The molecule has 0 aliphatic heterocycles. The van der Waals surface area contributed by atoms with E-state index in [1.165, 1.54) is 18.2 Å². The molecular formula is C9H8F3N3O. The molecule has 1 atom stereocenters. The van der Waals surface area contributed by atoms with Crippen LogP contribution >= 0.6 is 0 Å². The molecule has 0 radical (unpaired) electrons. The normalized spacial score (nSPS) is 14.2. The number of aromatic amines is 2. The predicted octanol–water partition coefficient (Wildman–Crippen LogP) is 1.42. The fourth-order valence-corrected chi connectivity index (χ4v) is 1.43. The summed E-state index contributed by atoms with van der Waals surface area (Å²) in [6, 6.07) is 1.79. The Bertz CT molecular complexity index is 569. The van der Waals surface area contributed by atoms with E-state index in [2.05, 4.69) is 9.97 Å². The van der Waals surface area contributed by atoms with Gasteiger partial charge in [-0.2, -0.15) is 13.2 Å². The lowest BCUT2D eigenvalue weighted by molar-refractivity contribution is -0.149. The van der Waals surface area contributed by atoms with Crippen LogP contribution < -0.4 is 11.4 Å². The van der Waals surface area contributed by atoms with Crippen LogP contribution in [0, 0.1) is 0 Å². The molecule has 0 bridgehead atoms. The number of hydrogen-bond donors (Lipinski definition) is 3. The molecule has 4 N–H and O–H groups in total. The molecule has 1 aromatic heterocycles. The van der Waals surface area contributed by atoms with Crippen molar-refractivity contribution in [3.05, 3.63) is 34.2 Å². The average Bonchev–Trinajstić information content (AvgIpc) is 2.54. The third kappa shape index (κ3) is 1.81. The lowest BCUT2D eigenvalue weighted by Gasteiger charge is -2.15. The highest BCUT2D eigenvalue weighted by molar-refractivity contribution is 5.75. The molecule has 7 heteroatoms. The van der Waals surface area contributed by atoms with Gasteiger partial charge in [0.2, 0.25) is 0 Å². The summed E-state index contributed by atoms with van der Waals surface area (Å²) in [6.07, 6.45) is -4.50. The number of rotatable bonds is 1. The van der Waals surface area contributed by atoms with Crippen LogP contribution in [0.5, 0.6) is 0 Å². The first-order valence-electron chi connectivity index (χ1n) is 4.42. The zero-order valence-electron chi connectivity index (χ0n) is 7.93. The van der Waals surface area contributed by atoms with Crippen molar-refractivity contribution in [2.75, 3.05) is 0 Å². The van der Waals surface area contributed by atoms with Crippen LogP contribution in [-0.4, -0.2) is 16.1 Å². The van der Waals surface area contributed by atoms with Crippen molar-refractivity contribution in [2.45, 2.75) is 12.2 Å². The summed E-state index contributed by atoms with van der Waals surface area (Å²) in [7, 11) is 0. The Morgan fingerprint density at radius 2 is 1.81 bits per heavy atom. The van der Waals surface area contributed by atoms with Crippen LogP contribution in [-0.2, 0) is 0 Å². The van der Waals surface area contributed by atoms with Gasteiger partial charge < -0.3 is 15.7 Å². The van der Waals surface area contributed by atoms with Crippen LogP contribution in [0.1, 0.15) is 11.6 Å². The number of H-pyrrole nitrogens is 2. The molecule has 0 amide bonds. The van der Waals surface area contributed by atoms with Crippen molar-refractivity contribution >= 4 is 11.0 Å². The molecule has 16 heavy (non-hydrogen) atoms. The number of fused-ring (bicyclic) bond motifs is 1. The molecule has 1 heterocycles. The lowest BCUT2D eigenvalue weighted by atomic mass is 10.1. The Morgan fingerprint density at radius 1 is 1.19 bits per heavy atom. The highest BCUT2D eigenvalue weighted by atomic mass is 19.4. The molecule has 0 spiro atoms. The van der Waals surface area contributed by atoms with Crippen molar-refractivity contribution in [1.82, 2.24) is 9.97 Å². The summed E-state index contributed by atoms with van der Waals surface area (Å²) in [5.41, 5.74) is 5.24. The number of nitrogens with two attached hydrogens (primary N) is 1. The Balaban J connectivity index is 2.50. The smallest absolute Gasteiger partial charge is 0.316 e. The van der Waals surface area contributed by atoms with E-state index in [0.717, 1.165) is 0 Å². The van der Waals surface area contributed by atoms with E-state index >= 15 is 0 Å². The quantitative estimate of drug-likeness (QED) is 0.694. The van der Waals surface area contributed by atoms with Gasteiger partial charge in [0, 0.05) is 0 Å². The summed E-state index contributed by atoms with van der Waals surface area (Å²) in [5.74, 6) is 0. The number of alkyl halides is 3. The van der Waals surface area contributed by atoms with E-state index in [1.807, 2.05) is 0 Å². The Hall–Kier alpha value is -1.76. The first kappa shape index (κ1) is 10.7. The number of benzene rings is 1. The van der Waals surface area contributed by atoms with Crippen molar-refractivity contribution in [3.8, 4) is 0 Å². The maximum atomic E-state index is 12.3. The summed E-state index contributed by atoms with van der Waals surface area (Å²) < 4.78 is 37.0. The van der Waals surface area contributed by atoms with Crippen LogP contribution in [0.25, 0.3) is 11.0 Å². The molecule has 1 aromatic carbocycles. The average molecular weight is 231 g/mol. The molecule has 0 fully saturated rings. The number of hydrogen-bond acceptors (Lipinski definition) is 2. The predicted molar refractivity (Wildman–Crippen MR) is 51.9 cm³/mol. The van der Waals surface area contributed by atoms with Gasteiger partial charge in [-0.1, -0.05) is 6.07 Å². The molecule has 0 saturated heterocycles. The maximum absolute atomic E-state index is 12.3. The van der Waals surface area contributed by atoms with E-state index in [4.69, 9.17) is 5.73 Å². The SMILES string of the molecule is NC(c1ccc2[nH]c(=O)[nH]c2c1)C(F)(F)F. The van der Waals surface area contributed by atoms with E-state index < -0.39 is 17.9 Å². The minimum atomic E-state index is -4.50. The van der Waals surface area contributed by atoms with E-state index in [0.29, 0.717) is 11.0 Å². The standard InChI is InChI=1S/C9H8F3N3O/c10-9(11,12)7(13)4-1-2-5-6(3-4)15-8(16)14-5/h1-3,7H,13H2,(H2,14,15,16). The molecule has 2 rings (SSSR count). The Labute approximate surface area is 87.3 Å². The van der Waals surface area contributed by atoms with Gasteiger partial charge in [0.1, 0.15) is 6.04 Å². The molecule has 0 saturated carbocycles. The van der Waals surface area contributed by atoms with Gasteiger partial charge in [-0.3, -0.25) is 0 Å². The van der Waals surface area contributed by atoms with Gasteiger partial charge in [-0.05, 0) is 17.7 Å². The first-order chi connectivity index (χ1) is 7.38. The Morgan fingerprint density at radius 3 is 2.44 bits per heavy atom. The summed E-state index contributed by atoms with van der Waals surface area (Å²) in [6.45, 7) is 0. The fraction of sp³-hybridized carbons (Fsp3) is 0.222. The topological polar surface area (TPSA) is 74.7 Å². The van der Waals surface area contributed by atoms with Crippen LogP contribution in [0.3, 0.4) is 0 Å². The molecular weight excluding hydrogens is 223 g/mol. The van der Waals surface area contributed by atoms with Gasteiger partial charge in [0.05, 0.1) is 11.0 Å². The van der Waals surface area contributed by atoms with Gasteiger partial charge in [-0.25, -0.2) is 4.79 Å². The van der Waals surface area contributed by atoms with E-state index in [1.54, 1.807) is 0 Å². The highest BCUT2D eigenvalue weighted by Crippen LogP contribution is 2.31. The summed E-state index contributed by atoms with van der Waals surface area (Å²) in [4.78, 5) is 15.7. The second-order valence-corrected chi connectivity index (χ2v) is 3.40. The monoisotopic (exact) mass is 231 g/mol. The molecule has 4 nitrogen and oxygen atoms in total. The third-order valence-corrected chi connectivity index (χ3v) is 2.25. The number of nitrogens with one attached hydrogen (secondary N) is 2. The molecule has 86 valence electrons. The van der Waals surface area contributed by atoms with Crippen LogP contribution in [0.4, 0.5) is 13.2 Å². The highest BCUT2D eigenvalue weighted by Gasteiger charge is 2.37. The molecule has 1 unspecified atom stereocenters. The van der Waals surface area contributed by atoms with Crippen molar-refractivity contribution in [2.24, 2.45) is 5.73 Å². The fourth-order valence-electron chi connectivity index (χ4n) is 1.43. The Kier molecular flexibility index (Phi) is 2.27. The van der Waals surface area contributed by atoms with Crippen molar-refractivity contribution in [1.29, 1.82) is 0 Å². The number of imidazole rings is 1. The summed E-state index contributed by atoms with van der Waals surface area (Å²) >= 11 is 0. The maximum Gasteiger partial charge on any atom is 0.407 e. The number of halogens is 3. The van der Waals surface area contributed by atoms with Gasteiger partial charge in [0.25, 0.3) is 0 Å². The lowest BCUT2D eigenvalue weighted by Crippen LogP contribution is -2.28. The molecule has 0 aliphatic rings. The minimum Gasteiger partial charge on any atom is -0.316 e. The van der Waals surface area contributed by atoms with Gasteiger partial charge >= 0.3 is 11.9 Å². The van der Waals surface area contributed by atoms with Gasteiger partial charge in [0.15, 0.2) is 0 Å². The zero-order valence-corrected chi connectivity index (χ0v) is 7.93. The van der Waals surface area contributed by atoms with E-state index in [-0.39, 0.29) is 5.56 Å². The second-order valence-electron chi connectivity index (χ2n) is 3.40. The summed E-state index contributed by atoms with van der Waals surface area (Å²) in [5, 5.41) is 0. The van der Waals surface area contributed by atoms with Crippen molar-refractivity contribution in [3.63, 3.8) is 0 Å². The van der Waals surface area contributed by atoms with E-state index in [9.17, 15) is 18.0 Å². The molecule has 2 aromatic rings. The van der Waals surface area contributed by atoms with Gasteiger partial charge in [-0.15, -0.1) is 0 Å². The number of aromatic nitrogens is 2. The minimum absolute atomic E-state index is 0.0877. The first-order valence-corrected chi connectivity index (χ1v) is 4.42. The largest absolute Gasteiger partial charge is 0.407 e. The molecule has 0 aliphatic carbocycles. The van der Waals surface area contributed by atoms with Crippen LogP contribution in [0.2, 0.25) is 0 Å². The van der Waals surface area contributed by atoms with Crippen LogP contribution in [0.15, 0.2) is 23.0 Å². The van der Waals surface area contributed by atoms with Crippen molar-refractivity contribution < 1.29 is 13.2 Å². The third-order valence-electron chi connectivity index (χ3n) is 2.25. The zero-order chi connectivity index (χ0) is 11.9. The second kappa shape index (κ2) is 3.38.